The van der Waals surface area contributed by atoms with E-state index in [2.05, 4.69) is 4.74 Å². The monoisotopic (exact) mass is 302 g/mol. The Balaban J connectivity index is 3.04. The number of nitro groups is 1. The number of hydrogen-bond donors (Lipinski definition) is 0. The zero-order valence-electron chi connectivity index (χ0n) is 11.3. The summed E-state index contributed by atoms with van der Waals surface area (Å²) in [5.41, 5.74) is -2.03. The molecule has 7 nitrogen and oxygen atoms in total. The molecule has 0 heterocycles. The van der Waals surface area contributed by atoms with Crippen LogP contribution in [0.2, 0.25) is 0 Å². The lowest BCUT2D eigenvalue weighted by Gasteiger charge is -2.17. The third-order valence-corrected chi connectivity index (χ3v) is 2.71. The van der Waals surface area contributed by atoms with E-state index in [9.17, 15) is 28.5 Å². The van der Waals surface area contributed by atoms with E-state index in [1.54, 1.807) is 0 Å². The lowest BCUT2D eigenvalue weighted by Crippen LogP contribution is -2.31. The largest absolute Gasteiger partial charge is 0.469 e. The summed E-state index contributed by atoms with van der Waals surface area (Å²) in [6.45, 7) is -0.146. The van der Waals surface area contributed by atoms with Crippen molar-refractivity contribution in [3.05, 3.63) is 39.4 Å². The molecular weight excluding hydrogens is 290 g/mol. The molecule has 0 bridgehead atoms. The van der Waals surface area contributed by atoms with Gasteiger partial charge in [0.2, 0.25) is 5.82 Å². The second-order valence-electron chi connectivity index (χ2n) is 4.07. The number of benzene rings is 1. The van der Waals surface area contributed by atoms with Gasteiger partial charge in [0.1, 0.15) is 11.4 Å². The standard InChI is InChI=1S/C12H12F2N2O5/c1-15(6-5-9(17)21-2)12(18)10-7(13)3-4-8(11(10)14)16(19)20/h3-4H,5-6H2,1-2H3. The predicted molar refractivity (Wildman–Crippen MR) is 66.6 cm³/mol. The molecule has 0 atom stereocenters. The fourth-order valence-corrected chi connectivity index (χ4v) is 1.53. The Bertz CT molecular complexity index is 591. The zero-order valence-corrected chi connectivity index (χ0v) is 11.3. The fraction of sp³-hybridized carbons (Fsp3) is 0.333. The molecule has 114 valence electrons. The summed E-state index contributed by atoms with van der Waals surface area (Å²) in [6, 6.07) is 1.28. The molecule has 9 heteroatoms. The maximum absolute atomic E-state index is 13.8. The van der Waals surface area contributed by atoms with Crippen LogP contribution in [0.15, 0.2) is 12.1 Å². The highest BCUT2D eigenvalue weighted by Gasteiger charge is 2.28. The van der Waals surface area contributed by atoms with E-state index >= 15 is 0 Å². The molecule has 0 saturated heterocycles. The number of nitro benzene ring substituents is 1. The second kappa shape index (κ2) is 6.73. The summed E-state index contributed by atoms with van der Waals surface area (Å²) in [5.74, 6) is -4.46. The number of esters is 1. The van der Waals surface area contributed by atoms with E-state index in [0.717, 1.165) is 12.0 Å². The molecule has 21 heavy (non-hydrogen) atoms. The molecular formula is C12H12F2N2O5. The first-order valence-electron chi connectivity index (χ1n) is 5.74. The quantitative estimate of drug-likeness (QED) is 0.467. The van der Waals surface area contributed by atoms with Crippen molar-refractivity contribution in [2.75, 3.05) is 20.7 Å². The number of rotatable bonds is 5. The Morgan fingerprint density at radius 2 is 2.00 bits per heavy atom. The Kier molecular flexibility index (Phi) is 5.28. The van der Waals surface area contributed by atoms with Crippen molar-refractivity contribution in [3.63, 3.8) is 0 Å². The van der Waals surface area contributed by atoms with Crippen molar-refractivity contribution < 1.29 is 28.0 Å². The Morgan fingerprint density at radius 3 is 2.52 bits per heavy atom. The number of halogens is 2. The molecule has 0 N–H and O–H groups in total. The number of hydrogen-bond acceptors (Lipinski definition) is 5. The van der Waals surface area contributed by atoms with Gasteiger partial charge >= 0.3 is 11.7 Å². The van der Waals surface area contributed by atoms with E-state index < -0.39 is 39.7 Å². The molecule has 0 fully saturated rings. The first-order valence-corrected chi connectivity index (χ1v) is 5.74. The van der Waals surface area contributed by atoms with E-state index in [0.29, 0.717) is 12.1 Å². The van der Waals surface area contributed by atoms with Crippen LogP contribution in [0.5, 0.6) is 0 Å². The van der Waals surface area contributed by atoms with Crippen LogP contribution in [-0.4, -0.2) is 42.4 Å². The summed E-state index contributed by atoms with van der Waals surface area (Å²) >= 11 is 0. The summed E-state index contributed by atoms with van der Waals surface area (Å²) in [7, 11) is 2.37. The Labute approximate surface area is 118 Å². The van der Waals surface area contributed by atoms with Crippen LogP contribution in [-0.2, 0) is 9.53 Å². The SMILES string of the molecule is COC(=O)CCN(C)C(=O)c1c(F)ccc([N+](=O)[O-])c1F. The van der Waals surface area contributed by atoms with Gasteiger partial charge in [-0.15, -0.1) is 0 Å². The molecule has 0 radical (unpaired) electrons. The van der Waals surface area contributed by atoms with Crippen molar-refractivity contribution in [2.24, 2.45) is 0 Å². The molecule has 0 aromatic heterocycles. The molecule has 1 amide bonds. The smallest absolute Gasteiger partial charge is 0.307 e. The minimum Gasteiger partial charge on any atom is -0.469 e. The first kappa shape index (κ1) is 16.5. The highest BCUT2D eigenvalue weighted by molar-refractivity contribution is 5.95. The minimum absolute atomic E-state index is 0.146. The number of ether oxygens (including phenoxy) is 1. The summed E-state index contributed by atoms with van der Waals surface area (Å²) in [5, 5.41) is 10.6. The maximum atomic E-state index is 13.8. The molecule has 1 aromatic carbocycles. The first-order chi connectivity index (χ1) is 9.79. The van der Waals surface area contributed by atoms with Crippen molar-refractivity contribution in [2.45, 2.75) is 6.42 Å². The molecule has 1 aromatic rings. The van der Waals surface area contributed by atoms with E-state index in [-0.39, 0.29) is 13.0 Å². The third kappa shape index (κ3) is 3.71. The van der Waals surface area contributed by atoms with E-state index in [1.165, 1.54) is 7.05 Å². The number of carbonyl (C=O) groups excluding carboxylic acids is 2. The molecule has 0 aliphatic heterocycles. The number of carbonyl (C=O) groups is 2. The van der Waals surface area contributed by atoms with Gasteiger partial charge in [-0.25, -0.2) is 4.39 Å². The van der Waals surface area contributed by atoms with Gasteiger partial charge in [-0.05, 0) is 6.07 Å². The predicted octanol–water partition coefficient (Wildman–Crippen LogP) is 1.51. The van der Waals surface area contributed by atoms with Gasteiger partial charge in [-0.1, -0.05) is 0 Å². The van der Waals surface area contributed by atoms with Crippen molar-refractivity contribution >= 4 is 17.6 Å². The lowest BCUT2D eigenvalue weighted by molar-refractivity contribution is -0.387. The summed E-state index contributed by atoms with van der Waals surface area (Å²) in [6.07, 6.45) is -0.170. The van der Waals surface area contributed by atoms with Gasteiger partial charge in [0.05, 0.1) is 18.5 Å². The van der Waals surface area contributed by atoms with Crippen LogP contribution in [0.4, 0.5) is 14.5 Å². The van der Waals surface area contributed by atoms with Gasteiger partial charge < -0.3 is 9.64 Å². The van der Waals surface area contributed by atoms with Gasteiger partial charge in [-0.2, -0.15) is 4.39 Å². The zero-order chi connectivity index (χ0) is 16.2. The van der Waals surface area contributed by atoms with Crippen LogP contribution < -0.4 is 0 Å². The fourth-order valence-electron chi connectivity index (χ4n) is 1.53. The topological polar surface area (TPSA) is 89.8 Å². The van der Waals surface area contributed by atoms with Crippen LogP contribution >= 0.6 is 0 Å². The van der Waals surface area contributed by atoms with Gasteiger partial charge in [0, 0.05) is 19.7 Å². The van der Waals surface area contributed by atoms with Crippen molar-refractivity contribution in [1.82, 2.24) is 4.90 Å². The molecule has 0 spiro atoms. The van der Waals surface area contributed by atoms with Gasteiger partial charge in [0.25, 0.3) is 5.91 Å². The Morgan fingerprint density at radius 1 is 1.38 bits per heavy atom. The van der Waals surface area contributed by atoms with E-state index in [4.69, 9.17) is 0 Å². The van der Waals surface area contributed by atoms with Gasteiger partial charge in [-0.3, -0.25) is 19.7 Å². The number of methoxy groups -OCH3 is 1. The summed E-state index contributed by atoms with van der Waals surface area (Å²) in [4.78, 5) is 33.3. The van der Waals surface area contributed by atoms with Crippen LogP contribution in [0.25, 0.3) is 0 Å². The van der Waals surface area contributed by atoms with Crippen LogP contribution in [0.3, 0.4) is 0 Å². The maximum Gasteiger partial charge on any atom is 0.307 e. The van der Waals surface area contributed by atoms with E-state index in [1.807, 2.05) is 0 Å². The second-order valence-corrected chi connectivity index (χ2v) is 4.07. The van der Waals surface area contributed by atoms with Crippen molar-refractivity contribution in [3.8, 4) is 0 Å². The summed E-state index contributed by atoms with van der Waals surface area (Å²) < 4.78 is 31.8. The normalized spacial score (nSPS) is 10.1. The minimum atomic E-state index is -1.55. The van der Waals surface area contributed by atoms with Crippen LogP contribution in [0.1, 0.15) is 16.8 Å². The molecule has 0 unspecified atom stereocenters. The molecule has 0 saturated carbocycles. The third-order valence-electron chi connectivity index (χ3n) is 2.71. The highest BCUT2D eigenvalue weighted by Crippen LogP contribution is 2.24. The number of amides is 1. The molecule has 0 aliphatic carbocycles. The highest BCUT2D eigenvalue weighted by atomic mass is 19.1. The average molecular weight is 302 g/mol. The Hall–Kier alpha value is -2.58. The van der Waals surface area contributed by atoms with Crippen LogP contribution in [0, 0.1) is 21.7 Å². The molecule has 0 aliphatic rings. The van der Waals surface area contributed by atoms with Crippen molar-refractivity contribution in [1.29, 1.82) is 0 Å². The molecule has 1 rings (SSSR count). The average Bonchev–Trinajstić information content (AvgIpc) is 2.43. The van der Waals surface area contributed by atoms with Gasteiger partial charge in [0.15, 0.2) is 0 Å². The lowest BCUT2D eigenvalue weighted by atomic mass is 10.1. The number of nitrogens with zero attached hydrogens (tertiary/aromatic N) is 2.